The highest BCUT2D eigenvalue weighted by Crippen LogP contribution is 2.08. The lowest BCUT2D eigenvalue weighted by molar-refractivity contribution is -0.116. The van der Waals surface area contributed by atoms with Crippen LogP contribution in [0.1, 0.15) is 19.0 Å². The first-order chi connectivity index (χ1) is 10.1. The molecule has 0 spiro atoms. The number of nitrogens with zero attached hydrogens (tertiary/aromatic N) is 2. The smallest absolute Gasteiger partial charge is 0.253 e. The van der Waals surface area contributed by atoms with E-state index in [4.69, 9.17) is 0 Å². The number of carbonyl (C=O) groups is 1. The molecule has 0 fully saturated rings. The van der Waals surface area contributed by atoms with Crippen LogP contribution in [0.3, 0.4) is 0 Å². The largest absolute Gasteiger partial charge is 0.325 e. The van der Waals surface area contributed by atoms with E-state index in [2.05, 4.69) is 10.3 Å². The molecule has 0 aliphatic rings. The minimum absolute atomic E-state index is 0.129. The normalized spacial score (nSPS) is 10.4. The van der Waals surface area contributed by atoms with Crippen molar-refractivity contribution in [2.24, 2.45) is 0 Å². The van der Waals surface area contributed by atoms with E-state index in [1.165, 1.54) is 41.2 Å². The fraction of sp³-hybridized carbons (Fsp3) is 0.267. The molecule has 0 aliphatic heterocycles. The zero-order valence-corrected chi connectivity index (χ0v) is 11.7. The van der Waals surface area contributed by atoms with Gasteiger partial charge in [-0.15, -0.1) is 0 Å². The van der Waals surface area contributed by atoms with Crippen molar-refractivity contribution in [2.75, 3.05) is 5.32 Å². The Morgan fingerprint density at radius 2 is 2.05 bits per heavy atom. The van der Waals surface area contributed by atoms with Crippen molar-refractivity contribution in [1.82, 2.24) is 9.55 Å². The fourth-order valence-electron chi connectivity index (χ4n) is 1.86. The summed E-state index contributed by atoms with van der Waals surface area (Å²) in [5, 5.41) is 2.59. The van der Waals surface area contributed by atoms with Crippen molar-refractivity contribution in [1.29, 1.82) is 0 Å². The Morgan fingerprint density at radius 1 is 1.33 bits per heavy atom. The molecule has 0 aliphatic carbocycles. The maximum Gasteiger partial charge on any atom is 0.253 e. The molecule has 0 atom stereocenters. The Bertz CT molecular complexity index is 680. The molecule has 0 radical (unpaired) electrons. The molecule has 0 unspecified atom stereocenters. The Morgan fingerprint density at radius 3 is 2.67 bits per heavy atom. The first-order valence-corrected chi connectivity index (χ1v) is 6.69. The average Bonchev–Trinajstić information content (AvgIpc) is 2.45. The molecule has 1 N–H and O–H groups in total. The van der Waals surface area contributed by atoms with Gasteiger partial charge in [0.05, 0.1) is 6.33 Å². The molecule has 5 nitrogen and oxygen atoms in total. The van der Waals surface area contributed by atoms with Crippen LogP contribution in [0.4, 0.5) is 10.1 Å². The van der Waals surface area contributed by atoms with Gasteiger partial charge < -0.3 is 5.32 Å². The van der Waals surface area contributed by atoms with E-state index < -0.39 is 0 Å². The average molecular weight is 289 g/mol. The Balaban J connectivity index is 2.02. The van der Waals surface area contributed by atoms with Gasteiger partial charge in [0.1, 0.15) is 12.4 Å². The van der Waals surface area contributed by atoms with E-state index in [1.54, 1.807) is 0 Å². The Labute approximate surface area is 121 Å². The van der Waals surface area contributed by atoms with Crippen molar-refractivity contribution in [3.63, 3.8) is 0 Å². The molecule has 21 heavy (non-hydrogen) atoms. The molecule has 1 aromatic heterocycles. The lowest BCUT2D eigenvalue weighted by Crippen LogP contribution is -2.27. The van der Waals surface area contributed by atoms with Crippen molar-refractivity contribution < 1.29 is 9.18 Å². The number of aryl methyl sites for hydroxylation is 1. The first kappa shape index (κ1) is 14.9. The summed E-state index contributed by atoms with van der Waals surface area (Å²) >= 11 is 0. The van der Waals surface area contributed by atoms with Gasteiger partial charge in [-0.05, 0) is 30.7 Å². The van der Waals surface area contributed by atoms with Crippen LogP contribution in [-0.2, 0) is 17.8 Å². The standard InChI is InChI=1S/C15H16FN3O2/c1-2-3-13-8-15(21)19(10-17-13)9-14(20)18-12-6-4-11(16)5-7-12/h4-8,10H,2-3,9H2,1H3,(H,18,20). The minimum atomic E-state index is -0.375. The van der Waals surface area contributed by atoms with Gasteiger partial charge in [-0.1, -0.05) is 13.3 Å². The second-order valence-corrected chi connectivity index (χ2v) is 4.65. The van der Waals surface area contributed by atoms with Gasteiger partial charge in [0, 0.05) is 17.4 Å². The molecule has 1 heterocycles. The van der Waals surface area contributed by atoms with Crippen LogP contribution in [-0.4, -0.2) is 15.5 Å². The number of halogens is 1. The summed E-state index contributed by atoms with van der Waals surface area (Å²) in [6.45, 7) is 1.87. The molecular formula is C15H16FN3O2. The van der Waals surface area contributed by atoms with E-state index in [-0.39, 0.29) is 23.8 Å². The minimum Gasteiger partial charge on any atom is -0.325 e. The van der Waals surface area contributed by atoms with Crippen molar-refractivity contribution >= 4 is 11.6 Å². The monoisotopic (exact) mass is 289 g/mol. The molecule has 2 rings (SSSR count). The predicted octanol–water partition coefficient (Wildman–Crippen LogP) is 1.97. The first-order valence-electron chi connectivity index (χ1n) is 6.69. The van der Waals surface area contributed by atoms with E-state index in [9.17, 15) is 14.0 Å². The summed E-state index contributed by atoms with van der Waals surface area (Å²) in [6.07, 6.45) is 3.01. The van der Waals surface area contributed by atoms with Crippen LogP contribution < -0.4 is 10.9 Å². The molecule has 1 amide bonds. The highest BCUT2D eigenvalue weighted by atomic mass is 19.1. The van der Waals surface area contributed by atoms with Crippen LogP contribution >= 0.6 is 0 Å². The second-order valence-electron chi connectivity index (χ2n) is 4.65. The highest BCUT2D eigenvalue weighted by molar-refractivity contribution is 5.90. The topological polar surface area (TPSA) is 64.0 Å². The molecular weight excluding hydrogens is 273 g/mol. The van der Waals surface area contributed by atoms with E-state index >= 15 is 0 Å². The zero-order valence-electron chi connectivity index (χ0n) is 11.7. The summed E-state index contributed by atoms with van der Waals surface area (Å²) in [5.74, 6) is -0.742. The third kappa shape index (κ3) is 4.24. The number of anilines is 1. The maximum atomic E-state index is 12.8. The van der Waals surface area contributed by atoms with E-state index in [0.29, 0.717) is 5.69 Å². The van der Waals surface area contributed by atoms with Gasteiger partial charge in [-0.25, -0.2) is 9.37 Å². The number of aromatic nitrogens is 2. The van der Waals surface area contributed by atoms with Gasteiger partial charge in [-0.3, -0.25) is 14.2 Å². The molecule has 2 aromatic rings. The molecule has 0 saturated heterocycles. The number of hydrogen-bond acceptors (Lipinski definition) is 3. The van der Waals surface area contributed by atoms with E-state index in [1.807, 2.05) is 6.92 Å². The molecule has 110 valence electrons. The summed E-state index contributed by atoms with van der Waals surface area (Å²) in [4.78, 5) is 27.8. The number of hydrogen-bond donors (Lipinski definition) is 1. The number of rotatable bonds is 5. The third-order valence-corrected chi connectivity index (χ3v) is 2.88. The summed E-state index contributed by atoms with van der Waals surface area (Å²) in [5.41, 5.74) is 0.936. The summed E-state index contributed by atoms with van der Waals surface area (Å²) in [7, 11) is 0. The quantitative estimate of drug-likeness (QED) is 0.915. The lowest BCUT2D eigenvalue weighted by Gasteiger charge is -2.07. The fourth-order valence-corrected chi connectivity index (χ4v) is 1.86. The van der Waals surface area contributed by atoms with E-state index in [0.717, 1.165) is 18.5 Å². The molecule has 6 heteroatoms. The van der Waals surface area contributed by atoms with Gasteiger partial charge in [0.15, 0.2) is 0 Å². The van der Waals surface area contributed by atoms with Crippen molar-refractivity contribution in [3.05, 3.63) is 58.5 Å². The van der Waals surface area contributed by atoms with Gasteiger partial charge in [-0.2, -0.15) is 0 Å². The number of nitrogens with one attached hydrogen (secondary N) is 1. The second kappa shape index (κ2) is 6.78. The zero-order chi connectivity index (χ0) is 15.2. The van der Waals surface area contributed by atoms with Gasteiger partial charge in [0.2, 0.25) is 5.91 Å². The Kier molecular flexibility index (Phi) is 4.81. The van der Waals surface area contributed by atoms with Crippen LogP contribution in [0.15, 0.2) is 41.5 Å². The van der Waals surface area contributed by atoms with Crippen LogP contribution in [0.5, 0.6) is 0 Å². The molecule has 0 saturated carbocycles. The maximum absolute atomic E-state index is 12.8. The third-order valence-electron chi connectivity index (χ3n) is 2.88. The Hall–Kier alpha value is -2.50. The SMILES string of the molecule is CCCc1cc(=O)n(CC(=O)Nc2ccc(F)cc2)cn1. The van der Waals surface area contributed by atoms with Gasteiger partial charge >= 0.3 is 0 Å². The highest BCUT2D eigenvalue weighted by Gasteiger charge is 2.06. The summed E-state index contributed by atoms with van der Waals surface area (Å²) < 4.78 is 14.0. The number of benzene rings is 1. The van der Waals surface area contributed by atoms with Crippen molar-refractivity contribution in [3.8, 4) is 0 Å². The van der Waals surface area contributed by atoms with Crippen LogP contribution in [0, 0.1) is 5.82 Å². The molecule has 0 bridgehead atoms. The number of carbonyl (C=O) groups excluding carboxylic acids is 1. The van der Waals surface area contributed by atoms with Crippen LogP contribution in [0.2, 0.25) is 0 Å². The van der Waals surface area contributed by atoms with Crippen LogP contribution in [0.25, 0.3) is 0 Å². The lowest BCUT2D eigenvalue weighted by atomic mass is 10.2. The summed E-state index contributed by atoms with van der Waals surface area (Å²) in [6, 6.07) is 6.86. The van der Waals surface area contributed by atoms with Gasteiger partial charge in [0.25, 0.3) is 5.56 Å². The predicted molar refractivity (Wildman–Crippen MR) is 77.5 cm³/mol. The number of amides is 1. The molecule has 1 aromatic carbocycles. The van der Waals surface area contributed by atoms with Crippen molar-refractivity contribution in [2.45, 2.75) is 26.3 Å².